The Morgan fingerprint density at radius 3 is 2.19 bits per heavy atom. The predicted octanol–water partition coefficient (Wildman–Crippen LogP) is 5.49. The van der Waals surface area contributed by atoms with Crippen molar-refractivity contribution in [2.24, 2.45) is 5.92 Å². The van der Waals surface area contributed by atoms with E-state index in [0.717, 1.165) is 28.3 Å². The Kier molecular flexibility index (Phi) is 4.43. The van der Waals surface area contributed by atoms with Crippen LogP contribution >= 0.6 is 35.0 Å². The average molecular weight is 338 g/mol. The number of hydrogen-bond acceptors (Lipinski definition) is 2. The van der Waals surface area contributed by atoms with E-state index < -0.39 is 0 Å². The van der Waals surface area contributed by atoms with Gasteiger partial charge in [-0.05, 0) is 55.3 Å². The van der Waals surface area contributed by atoms with Gasteiger partial charge in [0.1, 0.15) is 0 Å². The van der Waals surface area contributed by atoms with Crippen LogP contribution in [0.25, 0.3) is 0 Å². The lowest BCUT2D eigenvalue weighted by Gasteiger charge is -2.06. The van der Waals surface area contributed by atoms with Crippen molar-refractivity contribution in [2.45, 2.75) is 22.6 Å². The third kappa shape index (κ3) is 4.16. The van der Waals surface area contributed by atoms with Crippen LogP contribution in [0.3, 0.4) is 0 Å². The highest BCUT2D eigenvalue weighted by Crippen LogP contribution is 2.33. The first kappa shape index (κ1) is 14.8. The molecule has 2 aromatic rings. The molecule has 0 radical (unpaired) electrons. The van der Waals surface area contributed by atoms with E-state index in [1.165, 1.54) is 0 Å². The molecule has 1 aliphatic rings. The van der Waals surface area contributed by atoms with Gasteiger partial charge < -0.3 is 5.32 Å². The molecule has 0 heterocycles. The molecular formula is C16H13Cl2NOS. The maximum atomic E-state index is 11.7. The summed E-state index contributed by atoms with van der Waals surface area (Å²) in [6.45, 7) is 0. The van der Waals surface area contributed by atoms with Crippen LogP contribution in [0.15, 0.2) is 52.3 Å². The van der Waals surface area contributed by atoms with Gasteiger partial charge in [0.05, 0.1) is 0 Å². The minimum absolute atomic E-state index is 0.122. The molecule has 1 amide bonds. The number of hydrogen-bond donors (Lipinski definition) is 1. The number of carbonyl (C=O) groups is 1. The fourth-order valence-electron chi connectivity index (χ4n) is 1.92. The van der Waals surface area contributed by atoms with Crippen molar-refractivity contribution in [3.8, 4) is 0 Å². The third-order valence-electron chi connectivity index (χ3n) is 3.14. The topological polar surface area (TPSA) is 29.1 Å². The van der Waals surface area contributed by atoms with Crippen molar-refractivity contribution in [3.05, 3.63) is 52.5 Å². The minimum Gasteiger partial charge on any atom is -0.326 e. The van der Waals surface area contributed by atoms with E-state index in [-0.39, 0.29) is 11.8 Å². The average Bonchev–Trinajstić information content (AvgIpc) is 3.24. The quantitative estimate of drug-likeness (QED) is 0.798. The lowest BCUT2D eigenvalue weighted by atomic mass is 10.3. The summed E-state index contributed by atoms with van der Waals surface area (Å²) in [6.07, 6.45) is 2.02. The van der Waals surface area contributed by atoms with Gasteiger partial charge >= 0.3 is 0 Å². The molecule has 0 aliphatic heterocycles. The Labute approximate surface area is 137 Å². The maximum Gasteiger partial charge on any atom is 0.227 e. The van der Waals surface area contributed by atoms with Crippen molar-refractivity contribution in [1.29, 1.82) is 0 Å². The number of nitrogens with one attached hydrogen (secondary N) is 1. The molecule has 2 aromatic carbocycles. The second kappa shape index (κ2) is 6.30. The Hall–Kier alpha value is -1.16. The van der Waals surface area contributed by atoms with Gasteiger partial charge in [-0.15, -0.1) is 0 Å². The summed E-state index contributed by atoms with van der Waals surface area (Å²) in [5, 5.41) is 4.17. The van der Waals surface area contributed by atoms with Crippen LogP contribution < -0.4 is 5.32 Å². The number of anilines is 1. The highest BCUT2D eigenvalue weighted by molar-refractivity contribution is 7.99. The van der Waals surface area contributed by atoms with Gasteiger partial charge in [-0.25, -0.2) is 0 Å². The minimum atomic E-state index is 0.122. The van der Waals surface area contributed by atoms with E-state index in [2.05, 4.69) is 5.32 Å². The van der Waals surface area contributed by atoms with Gasteiger partial charge in [0.15, 0.2) is 0 Å². The molecule has 0 saturated heterocycles. The van der Waals surface area contributed by atoms with Crippen LogP contribution in [0.2, 0.25) is 10.0 Å². The SMILES string of the molecule is O=C(Nc1ccc(Sc2cc(Cl)cc(Cl)c2)cc1)C1CC1. The number of halogens is 2. The first-order valence-electron chi connectivity index (χ1n) is 6.65. The fourth-order valence-corrected chi connectivity index (χ4v) is 3.49. The molecule has 0 bridgehead atoms. The first-order chi connectivity index (χ1) is 10.1. The van der Waals surface area contributed by atoms with E-state index in [1.54, 1.807) is 17.8 Å². The molecule has 0 aromatic heterocycles. The summed E-state index contributed by atoms with van der Waals surface area (Å²) in [4.78, 5) is 13.7. The molecule has 1 N–H and O–H groups in total. The summed E-state index contributed by atoms with van der Waals surface area (Å²) in [7, 11) is 0. The van der Waals surface area contributed by atoms with E-state index in [4.69, 9.17) is 23.2 Å². The van der Waals surface area contributed by atoms with Gasteiger partial charge in [0.2, 0.25) is 5.91 Å². The van der Waals surface area contributed by atoms with Gasteiger partial charge in [-0.1, -0.05) is 35.0 Å². The van der Waals surface area contributed by atoms with Gasteiger partial charge in [-0.3, -0.25) is 4.79 Å². The summed E-state index contributed by atoms with van der Waals surface area (Å²) in [5.41, 5.74) is 0.834. The normalized spacial score (nSPS) is 14.0. The van der Waals surface area contributed by atoms with Crippen LogP contribution in [-0.4, -0.2) is 5.91 Å². The molecule has 5 heteroatoms. The van der Waals surface area contributed by atoms with Crippen LogP contribution in [0.5, 0.6) is 0 Å². The number of carbonyl (C=O) groups excluding carboxylic acids is 1. The standard InChI is InChI=1S/C16H13Cl2NOS/c17-11-7-12(18)9-15(8-11)21-14-5-3-13(4-6-14)19-16(20)10-1-2-10/h3-10H,1-2H2,(H,19,20). The molecule has 1 fully saturated rings. The first-order valence-corrected chi connectivity index (χ1v) is 8.22. The second-order valence-electron chi connectivity index (χ2n) is 5.00. The Morgan fingerprint density at radius 2 is 1.62 bits per heavy atom. The largest absolute Gasteiger partial charge is 0.326 e. The van der Waals surface area contributed by atoms with Crippen molar-refractivity contribution >= 4 is 46.6 Å². The van der Waals surface area contributed by atoms with Gasteiger partial charge in [0.25, 0.3) is 0 Å². The molecule has 21 heavy (non-hydrogen) atoms. The predicted molar refractivity (Wildman–Crippen MR) is 88.4 cm³/mol. The maximum absolute atomic E-state index is 11.7. The lowest BCUT2D eigenvalue weighted by Crippen LogP contribution is -2.12. The van der Waals surface area contributed by atoms with Gasteiger partial charge in [0, 0.05) is 31.4 Å². The van der Waals surface area contributed by atoms with E-state index in [0.29, 0.717) is 10.0 Å². The molecular weight excluding hydrogens is 325 g/mol. The summed E-state index contributed by atoms with van der Waals surface area (Å²) >= 11 is 13.6. The smallest absolute Gasteiger partial charge is 0.227 e. The summed E-state index contributed by atoms with van der Waals surface area (Å²) in [6, 6.07) is 13.2. The molecule has 1 aliphatic carbocycles. The monoisotopic (exact) mass is 337 g/mol. The fraction of sp³-hybridized carbons (Fsp3) is 0.188. The van der Waals surface area contributed by atoms with Crippen LogP contribution in [0.1, 0.15) is 12.8 Å². The Balaban J connectivity index is 1.67. The number of rotatable bonds is 4. The number of amides is 1. The van der Waals surface area contributed by atoms with Crippen LogP contribution in [-0.2, 0) is 4.79 Å². The molecule has 0 spiro atoms. The zero-order valence-electron chi connectivity index (χ0n) is 11.1. The number of benzene rings is 2. The summed E-state index contributed by atoms with van der Waals surface area (Å²) in [5.74, 6) is 0.338. The third-order valence-corrected chi connectivity index (χ3v) is 4.56. The molecule has 108 valence electrons. The van der Waals surface area contributed by atoms with E-state index >= 15 is 0 Å². The lowest BCUT2D eigenvalue weighted by molar-refractivity contribution is -0.117. The van der Waals surface area contributed by atoms with Crippen molar-refractivity contribution in [2.75, 3.05) is 5.32 Å². The Morgan fingerprint density at radius 1 is 1.00 bits per heavy atom. The molecule has 2 nitrogen and oxygen atoms in total. The molecule has 3 rings (SSSR count). The van der Waals surface area contributed by atoms with Gasteiger partial charge in [-0.2, -0.15) is 0 Å². The molecule has 1 saturated carbocycles. The highest BCUT2D eigenvalue weighted by Gasteiger charge is 2.29. The zero-order valence-corrected chi connectivity index (χ0v) is 13.4. The summed E-state index contributed by atoms with van der Waals surface area (Å²) < 4.78 is 0. The van der Waals surface area contributed by atoms with Crippen molar-refractivity contribution in [3.63, 3.8) is 0 Å². The molecule has 0 unspecified atom stereocenters. The van der Waals surface area contributed by atoms with E-state index in [9.17, 15) is 4.79 Å². The Bertz CT molecular complexity index is 648. The van der Waals surface area contributed by atoms with E-state index in [1.807, 2.05) is 36.4 Å². The van der Waals surface area contributed by atoms with Crippen LogP contribution in [0, 0.1) is 5.92 Å². The van der Waals surface area contributed by atoms with Crippen molar-refractivity contribution < 1.29 is 4.79 Å². The zero-order chi connectivity index (χ0) is 14.8. The highest BCUT2D eigenvalue weighted by atomic mass is 35.5. The molecule has 0 atom stereocenters. The van der Waals surface area contributed by atoms with Crippen molar-refractivity contribution in [1.82, 2.24) is 0 Å². The second-order valence-corrected chi connectivity index (χ2v) is 7.01. The van der Waals surface area contributed by atoms with Crippen LogP contribution in [0.4, 0.5) is 5.69 Å².